The van der Waals surface area contributed by atoms with Crippen LogP contribution in [0.5, 0.6) is 0 Å². The van der Waals surface area contributed by atoms with Crippen LogP contribution < -0.4 is 16.1 Å². The van der Waals surface area contributed by atoms with Crippen molar-refractivity contribution in [3.8, 4) is 0 Å². The quantitative estimate of drug-likeness (QED) is 0.586. The van der Waals surface area contributed by atoms with Crippen molar-refractivity contribution in [3.05, 3.63) is 64.1 Å². The van der Waals surface area contributed by atoms with Gasteiger partial charge in [-0.25, -0.2) is 23.8 Å². The fourth-order valence-electron chi connectivity index (χ4n) is 2.88. The molecule has 0 aliphatic carbocycles. The van der Waals surface area contributed by atoms with E-state index in [2.05, 4.69) is 32.0 Å². The van der Waals surface area contributed by atoms with Crippen LogP contribution in [-0.2, 0) is 11.2 Å². The maximum Gasteiger partial charge on any atom is 0.344 e. The smallest absolute Gasteiger partial charge is 0.322 e. The number of rotatable bonds is 5. The van der Waals surface area contributed by atoms with Gasteiger partial charge in [0.2, 0.25) is 0 Å². The second-order valence-corrected chi connectivity index (χ2v) is 7.60. The molecule has 29 heavy (non-hydrogen) atoms. The van der Waals surface area contributed by atoms with Gasteiger partial charge in [-0.05, 0) is 49.6 Å². The molecule has 3 N–H and O–H groups in total. The summed E-state index contributed by atoms with van der Waals surface area (Å²) in [5.74, 6) is -1.80. The molecule has 1 aliphatic rings. The average molecular weight is 467 g/mol. The molecule has 1 fully saturated rings. The van der Waals surface area contributed by atoms with E-state index in [4.69, 9.17) is 0 Å². The molecule has 152 valence electrons. The van der Waals surface area contributed by atoms with E-state index in [1.165, 1.54) is 25.1 Å². The third kappa shape index (κ3) is 4.53. The Morgan fingerprint density at radius 2 is 1.90 bits per heavy atom. The first kappa shape index (κ1) is 20.7. The Morgan fingerprint density at radius 3 is 2.59 bits per heavy atom. The lowest BCUT2D eigenvalue weighted by molar-refractivity contribution is -0.132. The minimum atomic E-state index is -1.32. The lowest BCUT2D eigenvalue weighted by atomic mass is 9.93. The summed E-state index contributed by atoms with van der Waals surface area (Å²) < 4.78 is 28.1. The lowest BCUT2D eigenvalue weighted by Crippen LogP contribution is -2.50. The van der Waals surface area contributed by atoms with Gasteiger partial charge in [-0.15, -0.1) is 0 Å². The van der Waals surface area contributed by atoms with Gasteiger partial charge in [0, 0.05) is 4.47 Å². The zero-order valence-electron chi connectivity index (χ0n) is 15.3. The third-order valence-electron chi connectivity index (χ3n) is 4.51. The van der Waals surface area contributed by atoms with E-state index in [1.54, 1.807) is 18.2 Å². The number of aryl methyl sites for hydroxylation is 1. The van der Waals surface area contributed by atoms with Crippen molar-refractivity contribution in [1.82, 2.24) is 15.8 Å². The number of nitrogens with zero attached hydrogens (tertiary/aromatic N) is 1. The predicted octanol–water partition coefficient (Wildman–Crippen LogP) is 3.71. The number of hydrogen-bond acceptors (Lipinski definition) is 3. The van der Waals surface area contributed by atoms with E-state index >= 15 is 0 Å². The molecule has 2 aromatic rings. The summed E-state index contributed by atoms with van der Waals surface area (Å²) in [5.41, 5.74) is 1.06. The highest BCUT2D eigenvalue weighted by Crippen LogP contribution is 2.23. The van der Waals surface area contributed by atoms with E-state index < -0.39 is 35.1 Å². The zero-order chi connectivity index (χ0) is 21.2. The number of carbonyl (C=O) groups excluding carboxylic acids is 3. The molecule has 7 nitrogen and oxygen atoms in total. The van der Waals surface area contributed by atoms with Crippen molar-refractivity contribution in [1.29, 1.82) is 0 Å². The second kappa shape index (κ2) is 8.16. The molecule has 0 radical (unpaired) electrons. The molecule has 10 heteroatoms. The predicted molar refractivity (Wildman–Crippen MR) is 105 cm³/mol. The van der Waals surface area contributed by atoms with E-state index in [9.17, 15) is 23.2 Å². The van der Waals surface area contributed by atoms with Crippen LogP contribution in [0.25, 0.3) is 0 Å². The lowest BCUT2D eigenvalue weighted by Gasteiger charge is -2.21. The third-order valence-corrected chi connectivity index (χ3v) is 5.00. The first-order valence-electron chi connectivity index (χ1n) is 8.62. The number of halogens is 3. The number of urea groups is 2. The SMILES string of the molecule is CC1(CCc2ccccc2F)NC(=O)N(NC(=O)Nc2ccc(Br)cc2F)C1=O. The molecule has 1 aliphatic heterocycles. The van der Waals surface area contributed by atoms with Crippen LogP contribution in [0.2, 0.25) is 0 Å². The Morgan fingerprint density at radius 1 is 1.17 bits per heavy atom. The molecule has 5 amide bonds. The fourth-order valence-corrected chi connectivity index (χ4v) is 3.22. The second-order valence-electron chi connectivity index (χ2n) is 6.68. The van der Waals surface area contributed by atoms with E-state index in [0.717, 1.165) is 6.07 Å². The molecule has 1 atom stereocenters. The standard InChI is InChI=1S/C19H17BrF2N4O3/c1-19(9-8-11-4-2-3-5-13(11)21)16(27)26(18(29)24-19)25-17(28)23-15-7-6-12(20)10-14(15)22/h2-7,10H,8-9H2,1H3,(H,24,29)(H2,23,25,28). The van der Waals surface area contributed by atoms with Gasteiger partial charge in [0.1, 0.15) is 17.2 Å². The summed E-state index contributed by atoms with van der Waals surface area (Å²) >= 11 is 3.10. The van der Waals surface area contributed by atoms with Crippen LogP contribution in [0.3, 0.4) is 0 Å². The van der Waals surface area contributed by atoms with Crippen LogP contribution in [0.1, 0.15) is 18.9 Å². The average Bonchev–Trinajstić information content (AvgIpc) is 2.87. The van der Waals surface area contributed by atoms with Gasteiger partial charge in [0.25, 0.3) is 5.91 Å². The number of amides is 5. The van der Waals surface area contributed by atoms with E-state index in [-0.39, 0.29) is 18.5 Å². The molecule has 0 bridgehead atoms. The molecule has 3 rings (SSSR count). The topological polar surface area (TPSA) is 90.5 Å². The Labute approximate surface area is 173 Å². The molecule has 0 aromatic heterocycles. The summed E-state index contributed by atoms with van der Waals surface area (Å²) in [5, 5.41) is 5.25. The highest BCUT2D eigenvalue weighted by Gasteiger charge is 2.48. The van der Waals surface area contributed by atoms with Crippen molar-refractivity contribution < 1.29 is 23.2 Å². The number of imide groups is 1. The monoisotopic (exact) mass is 466 g/mol. The van der Waals surface area contributed by atoms with E-state index in [1.807, 2.05) is 0 Å². The van der Waals surface area contributed by atoms with Gasteiger partial charge < -0.3 is 10.6 Å². The first-order chi connectivity index (χ1) is 13.7. The fraction of sp³-hybridized carbons (Fsp3) is 0.211. The van der Waals surface area contributed by atoms with Crippen LogP contribution >= 0.6 is 15.9 Å². The van der Waals surface area contributed by atoms with Crippen LogP contribution in [0.15, 0.2) is 46.9 Å². The number of hydrazine groups is 1. The Balaban J connectivity index is 1.65. The number of anilines is 1. The maximum atomic E-state index is 13.8. The maximum absolute atomic E-state index is 13.8. The van der Waals surface area contributed by atoms with Gasteiger partial charge in [0.15, 0.2) is 0 Å². The van der Waals surface area contributed by atoms with Crippen LogP contribution in [-0.4, -0.2) is 28.5 Å². The molecular formula is C19H17BrF2N4O3. The van der Waals surface area contributed by atoms with E-state index in [0.29, 0.717) is 15.0 Å². The van der Waals surface area contributed by atoms with Crippen molar-refractivity contribution >= 4 is 39.6 Å². The summed E-state index contributed by atoms with van der Waals surface area (Å²) in [4.78, 5) is 37.0. The van der Waals surface area contributed by atoms with Crippen molar-refractivity contribution in [2.24, 2.45) is 0 Å². The van der Waals surface area contributed by atoms with Crippen molar-refractivity contribution in [2.45, 2.75) is 25.3 Å². The largest absolute Gasteiger partial charge is 0.344 e. The minimum Gasteiger partial charge on any atom is -0.322 e. The van der Waals surface area contributed by atoms with Gasteiger partial charge in [-0.3, -0.25) is 4.79 Å². The van der Waals surface area contributed by atoms with Gasteiger partial charge >= 0.3 is 12.1 Å². The minimum absolute atomic E-state index is 0.125. The number of nitrogens with one attached hydrogen (secondary N) is 3. The van der Waals surface area contributed by atoms with Crippen molar-refractivity contribution in [3.63, 3.8) is 0 Å². The molecular weight excluding hydrogens is 450 g/mol. The van der Waals surface area contributed by atoms with Gasteiger partial charge in [-0.2, -0.15) is 5.01 Å². The number of carbonyl (C=O) groups is 3. The molecule has 1 heterocycles. The van der Waals surface area contributed by atoms with Crippen LogP contribution in [0.4, 0.5) is 24.1 Å². The zero-order valence-corrected chi connectivity index (χ0v) is 16.8. The normalized spacial score (nSPS) is 18.6. The highest BCUT2D eigenvalue weighted by atomic mass is 79.9. The molecule has 0 spiro atoms. The number of hydrogen-bond donors (Lipinski definition) is 3. The highest BCUT2D eigenvalue weighted by molar-refractivity contribution is 9.10. The Hall–Kier alpha value is -3.01. The van der Waals surface area contributed by atoms with Crippen molar-refractivity contribution in [2.75, 3.05) is 5.32 Å². The van der Waals surface area contributed by atoms with Gasteiger partial charge in [0.05, 0.1) is 5.69 Å². The Bertz CT molecular complexity index is 988. The Kier molecular flexibility index (Phi) is 5.83. The van der Waals surface area contributed by atoms with Crippen LogP contribution in [0, 0.1) is 11.6 Å². The summed E-state index contributed by atoms with van der Waals surface area (Å²) in [6.45, 7) is 1.49. The summed E-state index contributed by atoms with van der Waals surface area (Å²) in [6, 6.07) is 8.34. The molecule has 2 aromatic carbocycles. The van der Waals surface area contributed by atoms with Gasteiger partial charge in [-0.1, -0.05) is 34.1 Å². The molecule has 0 saturated carbocycles. The summed E-state index contributed by atoms with van der Waals surface area (Å²) in [7, 11) is 0. The number of benzene rings is 2. The molecule has 1 saturated heterocycles. The summed E-state index contributed by atoms with van der Waals surface area (Å²) in [6.07, 6.45) is 0.332. The first-order valence-corrected chi connectivity index (χ1v) is 9.42. The molecule has 1 unspecified atom stereocenters.